The molecule has 0 aliphatic rings. The molecule has 0 bridgehead atoms. The van der Waals surface area contributed by atoms with E-state index in [9.17, 15) is 13.2 Å². The van der Waals surface area contributed by atoms with Crippen LogP contribution in [-0.2, 0) is 16.8 Å². The summed E-state index contributed by atoms with van der Waals surface area (Å²) in [7, 11) is 1.61. The summed E-state index contributed by atoms with van der Waals surface area (Å²) in [4.78, 5) is 0. The molecule has 0 radical (unpaired) electrons. The van der Waals surface area contributed by atoms with Gasteiger partial charge in [-0.05, 0) is 36.2 Å². The zero-order chi connectivity index (χ0) is 23.8. The van der Waals surface area contributed by atoms with Crippen LogP contribution in [0.5, 0.6) is 5.75 Å². The van der Waals surface area contributed by atoms with Crippen molar-refractivity contribution in [2.75, 3.05) is 13.7 Å². The van der Waals surface area contributed by atoms with E-state index in [0.29, 0.717) is 23.6 Å². The molecule has 33 heavy (non-hydrogen) atoms. The third-order valence-corrected chi connectivity index (χ3v) is 5.79. The molecule has 3 nitrogen and oxygen atoms in total. The zero-order valence-corrected chi connectivity index (χ0v) is 19.1. The molecule has 0 spiro atoms. The number of halogens is 3. The van der Waals surface area contributed by atoms with Crippen LogP contribution in [0.1, 0.15) is 30.7 Å². The SMILES string of the molecule is COCC(C)(C)c1c(C)c2c(OCc3ccccc3)cc(F)cc2n1-c1ccc(F)c(F)c1. The number of aryl methyl sites for hydroxylation is 1. The highest BCUT2D eigenvalue weighted by molar-refractivity contribution is 5.93. The maximum Gasteiger partial charge on any atom is 0.160 e. The first kappa shape index (κ1) is 22.9. The van der Waals surface area contributed by atoms with Gasteiger partial charge >= 0.3 is 0 Å². The van der Waals surface area contributed by atoms with Crippen molar-refractivity contribution in [3.63, 3.8) is 0 Å². The molecule has 0 atom stereocenters. The summed E-state index contributed by atoms with van der Waals surface area (Å²) in [6, 6.07) is 16.0. The lowest BCUT2D eigenvalue weighted by Gasteiger charge is -2.27. The van der Waals surface area contributed by atoms with Gasteiger partial charge in [0.2, 0.25) is 0 Å². The van der Waals surface area contributed by atoms with Crippen LogP contribution in [0.3, 0.4) is 0 Å². The fourth-order valence-corrected chi connectivity index (χ4v) is 4.51. The largest absolute Gasteiger partial charge is 0.488 e. The quantitative estimate of drug-likeness (QED) is 0.305. The minimum Gasteiger partial charge on any atom is -0.488 e. The molecule has 0 saturated heterocycles. The van der Waals surface area contributed by atoms with Gasteiger partial charge in [0.05, 0.1) is 12.1 Å². The Morgan fingerprint density at radius 3 is 2.30 bits per heavy atom. The van der Waals surface area contributed by atoms with Gasteiger partial charge in [0.15, 0.2) is 11.6 Å². The van der Waals surface area contributed by atoms with Gasteiger partial charge in [0, 0.05) is 41.4 Å². The molecule has 1 aromatic heterocycles. The van der Waals surface area contributed by atoms with Crippen molar-refractivity contribution in [1.29, 1.82) is 0 Å². The highest BCUT2D eigenvalue weighted by Crippen LogP contribution is 2.41. The van der Waals surface area contributed by atoms with Crippen molar-refractivity contribution in [3.05, 3.63) is 94.9 Å². The molecule has 0 N–H and O–H groups in total. The average Bonchev–Trinajstić information content (AvgIpc) is 3.07. The van der Waals surface area contributed by atoms with Gasteiger partial charge in [-0.1, -0.05) is 44.2 Å². The summed E-state index contributed by atoms with van der Waals surface area (Å²) >= 11 is 0. The van der Waals surface area contributed by atoms with E-state index in [1.165, 1.54) is 18.2 Å². The Bertz CT molecular complexity index is 1300. The van der Waals surface area contributed by atoms with Crippen LogP contribution < -0.4 is 4.74 Å². The Hall–Kier alpha value is -3.25. The summed E-state index contributed by atoms with van der Waals surface area (Å²) in [6.07, 6.45) is 0. The minimum absolute atomic E-state index is 0.270. The molecule has 4 rings (SSSR count). The van der Waals surface area contributed by atoms with Crippen molar-refractivity contribution in [1.82, 2.24) is 4.57 Å². The predicted octanol–water partition coefficient (Wildman–Crippen LogP) is 6.86. The van der Waals surface area contributed by atoms with Crippen LogP contribution in [0.2, 0.25) is 0 Å². The van der Waals surface area contributed by atoms with Crippen molar-refractivity contribution in [3.8, 4) is 11.4 Å². The van der Waals surface area contributed by atoms with E-state index in [0.717, 1.165) is 34.3 Å². The lowest BCUT2D eigenvalue weighted by Crippen LogP contribution is -2.27. The van der Waals surface area contributed by atoms with E-state index in [4.69, 9.17) is 9.47 Å². The minimum atomic E-state index is -0.973. The van der Waals surface area contributed by atoms with E-state index in [-0.39, 0.29) is 6.61 Å². The van der Waals surface area contributed by atoms with Crippen LogP contribution in [0, 0.1) is 24.4 Å². The Balaban J connectivity index is 1.97. The molecule has 0 aliphatic carbocycles. The summed E-state index contributed by atoms with van der Waals surface area (Å²) in [5, 5.41) is 0.719. The lowest BCUT2D eigenvalue weighted by molar-refractivity contribution is 0.143. The molecule has 0 fully saturated rings. The van der Waals surface area contributed by atoms with Gasteiger partial charge in [-0.3, -0.25) is 0 Å². The number of nitrogens with zero attached hydrogens (tertiary/aromatic N) is 1. The number of hydrogen-bond acceptors (Lipinski definition) is 2. The highest BCUT2D eigenvalue weighted by Gasteiger charge is 2.31. The molecule has 1 heterocycles. The molecule has 6 heteroatoms. The Kier molecular flexibility index (Phi) is 6.21. The number of hydrogen-bond donors (Lipinski definition) is 0. The summed E-state index contributed by atoms with van der Waals surface area (Å²) in [5.41, 5.74) is 3.01. The molecule has 0 aliphatic heterocycles. The van der Waals surface area contributed by atoms with Crippen molar-refractivity contribution >= 4 is 10.9 Å². The highest BCUT2D eigenvalue weighted by atomic mass is 19.2. The van der Waals surface area contributed by atoms with Crippen LogP contribution in [0.15, 0.2) is 60.7 Å². The topological polar surface area (TPSA) is 23.4 Å². The maximum absolute atomic E-state index is 14.8. The van der Waals surface area contributed by atoms with Crippen molar-refractivity contribution < 1.29 is 22.6 Å². The van der Waals surface area contributed by atoms with Gasteiger partial charge in [-0.15, -0.1) is 0 Å². The number of rotatable bonds is 7. The van der Waals surface area contributed by atoms with Gasteiger partial charge in [-0.2, -0.15) is 0 Å². The Labute approximate surface area is 191 Å². The smallest absolute Gasteiger partial charge is 0.160 e. The van der Waals surface area contributed by atoms with Gasteiger partial charge in [-0.25, -0.2) is 13.2 Å². The van der Waals surface area contributed by atoms with Crippen LogP contribution in [0.4, 0.5) is 13.2 Å². The second-order valence-electron chi connectivity index (χ2n) is 8.80. The molecular weight excluding hydrogens is 427 g/mol. The van der Waals surface area contributed by atoms with E-state index in [1.807, 2.05) is 51.1 Å². The predicted molar refractivity (Wildman–Crippen MR) is 124 cm³/mol. The fourth-order valence-electron chi connectivity index (χ4n) is 4.51. The lowest BCUT2D eigenvalue weighted by atomic mass is 9.87. The van der Waals surface area contributed by atoms with E-state index in [2.05, 4.69) is 0 Å². The number of fused-ring (bicyclic) bond motifs is 1. The number of methoxy groups -OCH3 is 1. The Morgan fingerprint density at radius 2 is 1.64 bits per heavy atom. The van der Waals surface area contributed by atoms with E-state index < -0.39 is 22.9 Å². The van der Waals surface area contributed by atoms with E-state index >= 15 is 0 Å². The molecule has 0 saturated carbocycles. The zero-order valence-electron chi connectivity index (χ0n) is 19.1. The number of aromatic nitrogens is 1. The number of benzene rings is 3. The second-order valence-corrected chi connectivity index (χ2v) is 8.80. The molecule has 4 aromatic rings. The molecule has 0 unspecified atom stereocenters. The fraction of sp³-hybridized carbons (Fsp3) is 0.259. The van der Waals surface area contributed by atoms with Gasteiger partial charge in [0.1, 0.15) is 18.2 Å². The average molecular weight is 454 g/mol. The first-order valence-electron chi connectivity index (χ1n) is 10.7. The monoisotopic (exact) mass is 453 g/mol. The normalized spacial score (nSPS) is 11.8. The standard InChI is InChI=1S/C27H26F3NO2/c1-17-25-23(12-19(28)13-24(25)33-15-18-8-6-5-7-9-18)31(26(17)27(2,3)16-32-4)20-10-11-21(29)22(30)14-20/h5-14H,15-16H2,1-4H3. The van der Waals surface area contributed by atoms with Gasteiger partial charge < -0.3 is 14.0 Å². The van der Waals surface area contributed by atoms with Crippen molar-refractivity contribution in [2.24, 2.45) is 0 Å². The third-order valence-electron chi connectivity index (χ3n) is 5.79. The van der Waals surface area contributed by atoms with Crippen LogP contribution in [-0.4, -0.2) is 18.3 Å². The third kappa shape index (κ3) is 4.35. The molecular formula is C27H26F3NO2. The van der Waals surface area contributed by atoms with Crippen LogP contribution >= 0.6 is 0 Å². The van der Waals surface area contributed by atoms with E-state index in [1.54, 1.807) is 11.7 Å². The Morgan fingerprint density at radius 1 is 0.909 bits per heavy atom. The summed E-state index contributed by atoms with van der Waals surface area (Å²) < 4.78 is 56.0. The summed E-state index contributed by atoms with van der Waals surface area (Å²) in [6.45, 7) is 6.56. The molecule has 3 aromatic carbocycles. The van der Waals surface area contributed by atoms with Gasteiger partial charge in [0.25, 0.3) is 0 Å². The first-order chi connectivity index (χ1) is 15.7. The first-order valence-corrected chi connectivity index (χ1v) is 10.7. The van der Waals surface area contributed by atoms with Crippen molar-refractivity contribution in [2.45, 2.75) is 32.8 Å². The molecule has 172 valence electrons. The number of ether oxygens (including phenoxy) is 2. The maximum atomic E-state index is 14.8. The summed E-state index contributed by atoms with van der Waals surface area (Å²) in [5.74, 6) is -2.01. The van der Waals surface area contributed by atoms with Crippen LogP contribution in [0.25, 0.3) is 16.6 Å². The second kappa shape index (κ2) is 8.94. The molecule has 0 amide bonds.